The van der Waals surface area contributed by atoms with Crippen molar-refractivity contribution in [3.8, 4) is 0 Å². The average Bonchev–Trinajstić information content (AvgIpc) is 4.19. The summed E-state index contributed by atoms with van der Waals surface area (Å²) in [4.78, 5) is 30.3. The van der Waals surface area contributed by atoms with Crippen LogP contribution >= 0.6 is 27.5 Å². The van der Waals surface area contributed by atoms with E-state index in [0.717, 1.165) is 104 Å². The van der Waals surface area contributed by atoms with Crippen LogP contribution in [0, 0.1) is 0 Å². The topological polar surface area (TPSA) is 190 Å². The molecule has 0 radical (unpaired) electrons. The smallest absolute Gasteiger partial charge is 0.228 e. The van der Waals surface area contributed by atoms with Crippen molar-refractivity contribution in [3.05, 3.63) is 136 Å². The molecular formula is C44H49BrClN13O3. The van der Waals surface area contributed by atoms with Crippen LogP contribution in [0.25, 0.3) is 0 Å². The molecule has 3 atom stereocenters. The third-order valence-corrected chi connectivity index (χ3v) is 10.9. The molecule has 0 spiro atoms. The summed E-state index contributed by atoms with van der Waals surface area (Å²) in [6, 6.07) is 19.3. The van der Waals surface area contributed by atoms with Crippen molar-refractivity contribution in [2.75, 3.05) is 75.0 Å². The van der Waals surface area contributed by atoms with Gasteiger partial charge < -0.3 is 46.1 Å². The second-order valence-electron chi connectivity index (χ2n) is 14.8. The Kier molecular flexibility index (Phi) is 15.6. The number of ether oxygens (including phenoxy) is 3. The van der Waals surface area contributed by atoms with Gasteiger partial charge in [-0.1, -0.05) is 29.8 Å². The molecule has 0 bridgehead atoms. The van der Waals surface area contributed by atoms with Crippen LogP contribution in [0.15, 0.2) is 109 Å². The molecule has 6 aromatic rings. The van der Waals surface area contributed by atoms with Crippen LogP contribution in [0.3, 0.4) is 0 Å². The zero-order chi connectivity index (χ0) is 42.4. The van der Waals surface area contributed by atoms with Gasteiger partial charge in [0.15, 0.2) is 0 Å². The Balaban J connectivity index is 0.000000128. The molecule has 4 aliphatic rings. The maximum Gasteiger partial charge on any atom is 0.228 e. The van der Waals surface area contributed by atoms with Gasteiger partial charge in [0.2, 0.25) is 5.95 Å². The fraction of sp³-hybridized carbons (Fsp3) is 0.341. The molecule has 1 aliphatic carbocycles. The van der Waals surface area contributed by atoms with E-state index in [2.05, 4.69) is 82.7 Å². The molecule has 18 heteroatoms. The van der Waals surface area contributed by atoms with Gasteiger partial charge in [-0.2, -0.15) is 0 Å². The minimum Gasteiger partial charge on any atom is -0.371 e. The highest BCUT2D eigenvalue weighted by Crippen LogP contribution is 2.39. The first-order valence-corrected chi connectivity index (χ1v) is 21.9. The highest BCUT2D eigenvalue weighted by molar-refractivity contribution is 9.10. The second kappa shape index (κ2) is 22.2. The molecule has 62 heavy (non-hydrogen) atoms. The summed E-state index contributed by atoms with van der Waals surface area (Å²) in [7, 11) is 0. The van der Waals surface area contributed by atoms with Gasteiger partial charge in [0, 0.05) is 104 Å². The molecule has 0 aromatic carbocycles. The quantitative estimate of drug-likeness (QED) is 0.0800. The van der Waals surface area contributed by atoms with E-state index in [-0.39, 0.29) is 18.3 Å². The molecule has 10 rings (SSSR count). The van der Waals surface area contributed by atoms with Gasteiger partial charge in [-0.05, 0) is 82.7 Å². The number of anilines is 6. The first kappa shape index (κ1) is 43.4. The molecular weight excluding hydrogens is 874 g/mol. The highest BCUT2D eigenvalue weighted by atomic mass is 79.9. The molecule has 6 aromatic heterocycles. The van der Waals surface area contributed by atoms with E-state index in [9.17, 15) is 0 Å². The van der Waals surface area contributed by atoms with E-state index in [1.54, 1.807) is 18.5 Å². The van der Waals surface area contributed by atoms with Crippen molar-refractivity contribution >= 4 is 62.6 Å². The van der Waals surface area contributed by atoms with Crippen molar-refractivity contribution in [2.24, 2.45) is 0 Å². The number of rotatable bonds is 10. The Bertz CT molecular complexity index is 2140. The van der Waals surface area contributed by atoms with Crippen molar-refractivity contribution in [3.63, 3.8) is 0 Å². The Hall–Kier alpha value is -5.24. The van der Waals surface area contributed by atoms with Gasteiger partial charge in [0.05, 0.1) is 43.2 Å². The molecule has 3 unspecified atom stereocenters. The van der Waals surface area contributed by atoms with Gasteiger partial charge >= 0.3 is 0 Å². The largest absolute Gasteiger partial charge is 0.371 e. The molecule has 3 saturated heterocycles. The van der Waals surface area contributed by atoms with Crippen molar-refractivity contribution in [1.82, 2.24) is 50.8 Å². The first-order valence-electron chi connectivity index (χ1n) is 20.7. The fourth-order valence-corrected chi connectivity index (χ4v) is 7.00. The predicted molar refractivity (Wildman–Crippen MR) is 242 cm³/mol. The van der Waals surface area contributed by atoms with Crippen LogP contribution in [0.1, 0.15) is 59.3 Å². The number of pyridine rings is 5. The molecule has 0 amide bonds. The van der Waals surface area contributed by atoms with Gasteiger partial charge in [-0.25, -0.2) is 34.9 Å². The van der Waals surface area contributed by atoms with E-state index >= 15 is 0 Å². The van der Waals surface area contributed by atoms with Gasteiger partial charge in [-0.15, -0.1) is 0 Å². The number of aromatic nitrogens is 7. The third kappa shape index (κ3) is 13.1. The van der Waals surface area contributed by atoms with Crippen LogP contribution < -0.4 is 31.9 Å². The predicted octanol–water partition coefficient (Wildman–Crippen LogP) is 7.33. The Labute approximate surface area is 374 Å². The van der Waals surface area contributed by atoms with Gasteiger partial charge in [0.1, 0.15) is 29.1 Å². The minimum atomic E-state index is 0.0824. The van der Waals surface area contributed by atoms with Crippen molar-refractivity contribution in [2.45, 2.75) is 37.1 Å². The number of hydrogen-bond acceptors (Lipinski definition) is 16. The Morgan fingerprint density at radius 2 is 0.871 bits per heavy atom. The maximum atomic E-state index is 5.80. The first-order chi connectivity index (χ1) is 30.5. The lowest BCUT2D eigenvalue weighted by Crippen LogP contribution is -2.33. The van der Waals surface area contributed by atoms with Crippen LogP contribution in [0.5, 0.6) is 0 Å². The van der Waals surface area contributed by atoms with E-state index in [1.807, 2.05) is 85.6 Å². The lowest BCUT2D eigenvalue weighted by molar-refractivity contribution is 0.0274. The summed E-state index contributed by atoms with van der Waals surface area (Å²) in [5.74, 6) is 5.00. The van der Waals surface area contributed by atoms with E-state index in [0.29, 0.717) is 22.7 Å². The molecule has 322 valence electrons. The molecule has 6 N–H and O–H groups in total. The number of nitrogens with zero attached hydrogens (tertiary/aromatic N) is 7. The standard InChI is InChI=1S/C16H19N5O.C14H15BrN4O.C14H15ClN4O/c1-2-11(1)13-8-19-16(20-9-13)21-15-4-3-12(7-18-15)14-10-17-5-6-22-14;2*15-11-2-4-14(18-8-11)19-13-3-1-10(7-17-13)12-9-16-5-6-20-12/h3-4,7-9,11,14,17H,1-2,5-6,10H2,(H,18,19,20,21);2*1-4,7-8,12,16H,5-6,9H2,(H,17,18,19). The molecule has 16 nitrogen and oxygen atoms in total. The van der Waals surface area contributed by atoms with E-state index < -0.39 is 0 Å². The molecule has 9 heterocycles. The van der Waals surface area contributed by atoms with E-state index in [4.69, 9.17) is 25.8 Å². The minimum absolute atomic E-state index is 0.0824. The fourth-order valence-electron chi connectivity index (χ4n) is 6.65. The van der Waals surface area contributed by atoms with Crippen molar-refractivity contribution < 1.29 is 14.2 Å². The SMILES string of the molecule is Brc1ccc(Nc2ccc(C3CNCCO3)cn2)nc1.Clc1ccc(Nc2ccc(C3CNCCO3)cn2)nc1.c1nc(Nc2ccc(C3CNCCO3)cn2)ncc1C1CC1. The molecule has 3 aliphatic heterocycles. The van der Waals surface area contributed by atoms with Crippen LogP contribution in [0.2, 0.25) is 5.02 Å². The summed E-state index contributed by atoms with van der Waals surface area (Å²) >= 11 is 9.15. The second-order valence-corrected chi connectivity index (χ2v) is 16.2. The Morgan fingerprint density at radius 3 is 1.23 bits per heavy atom. The van der Waals surface area contributed by atoms with Gasteiger partial charge in [0.25, 0.3) is 0 Å². The third-order valence-electron chi connectivity index (χ3n) is 10.2. The van der Waals surface area contributed by atoms with Crippen LogP contribution in [-0.4, -0.2) is 94.0 Å². The molecule has 4 fully saturated rings. The lowest BCUT2D eigenvalue weighted by atomic mass is 10.1. The monoisotopic (exact) mass is 921 g/mol. The zero-order valence-corrected chi connectivity index (χ0v) is 36.4. The van der Waals surface area contributed by atoms with E-state index in [1.165, 1.54) is 18.4 Å². The maximum absolute atomic E-state index is 5.80. The number of hydrogen-bond donors (Lipinski definition) is 6. The summed E-state index contributed by atoms with van der Waals surface area (Å²) in [6.07, 6.45) is 15.5. The van der Waals surface area contributed by atoms with Crippen LogP contribution in [-0.2, 0) is 14.2 Å². The number of nitrogens with one attached hydrogen (secondary N) is 6. The summed E-state index contributed by atoms with van der Waals surface area (Å²) in [5, 5.41) is 20.0. The zero-order valence-electron chi connectivity index (χ0n) is 34.0. The summed E-state index contributed by atoms with van der Waals surface area (Å²) in [6.45, 7) is 7.46. The number of morpholine rings is 3. The number of halogens is 2. The summed E-state index contributed by atoms with van der Waals surface area (Å²) < 4.78 is 18.0. The normalized spacial score (nSPS) is 19.7. The van der Waals surface area contributed by atoms with Crippen molar-refractivity contribution in [1.29, 1.82) is 0 Å². The molecule has 1 saturated carbocycles. The average molecular weight is 923 g/mol. The lowest BCUT2D eigenvalue weighted by Gasteiger charge is -2.23. The Morgan fingerprint density at radius 1 is 0.468 bits per heavy atom. The van der Waals surface area contributed by atoms with Crippen LogP contribution in [0.4, 0.5) is 35.0 Å². The van der Waals surface area contributed by atoms with Gasteiger partial charge in [-0.3, -0.25) is 0 Å². The summed E-state index contributed by atoms with van der Waals surface area (Å²) in [5.41, 5.74) is 4.48. The highest BCUT2D eigenvalue weighted by Gasteiger charge is 2.24.